The molecule has 0 bridgehead atoms. The molecular formula is C15H25NO. The molecule has 96 valence electrons. The highest BCUT2D eigenvalue weighted by molar-refractivity contribution is 5.25. The SMILES string of the molecule is CCCOCC(CCc1ccccc1C)NC. The van der Waals surface area contributed by atoms with Crippen LogP contribution in [0.15, 0.2) is 24.3 Å². The van der Waals surface area contributed by atoms with Crippen LogP contribution in [-0.2, 0) is 11.2 Å². The summed E-state index contributed by atoms with van der Waals surface area (Å²) in [5, 5.41) is 3.33. The Balaban J connectivity index is 2.34. The van der Waals surface area contributed by atoms with Crippen LogP contribution in [0.3, 0.4) is 0 Å². The molecule has 1 aromatic carbocycles. The van der Waals surface area contributed by atoms with Crippen LogP contribution in [0, 0.1) is 6.92 Å². The van der Waals surface area contributed by atoms with Crippen LogP contribution in [0.1, 0.15) is 30.9 Å². The van der Waals surface area contributed by atoms with E-state index in [0.29, 0.717) is 6.04 Å². The first-order valence-corrected chi connectivity index (χ1v) is 6.57. The van der Waals surface area contributed by atoms with Crippen molar-refractivity contribution in [3.8, 4) is 0 Å². The van der Waals surface area contributed by atoms with Crippen LogP contribution >= 0.6 is 0 Å². The van der Waals surface area contributed by atoms with Gasteiger partial charge in [0, 0.05) is 12.6 Å². The Bertz CT molecular complexity index is 312. The molecule has 0 aliphatic rings. The minimum absolute atomic E-state index is 0.459. The maximum Gasteiger partial charge on any atom is 0.0619 e. The van der Waals surface area contributed by atoms with Gasteiger partial charge in [-0.1, -0.05) is 31.2 Å². The normalized spacial score (nSPS) is 12.6. The molecule has 0 amide bonds. The van der Waals surface area contributed by atoms with Crippen LogP contribution < -0.4 is 5.32 Å². The summed E-state index contributed by atoms with van der Waals surface area (Å²) in [4.78, 5) is 0. The molecule has 0 aliphatic carbocycles. The summed E-state index contributed by atoms with van der Waals surface area (Å²) in [6.45, 7) is 6.00. The molecule has 2 heteroatoms. The zero-order valence-corrected chi connectivity index (χ0v) is 11.3. The maximum absolute atomic E-state index is 5.59. The molecule has 0 saturated heterocycles. The molecule has 2 nitrogen and oxygen atoms in total. The minimum Gasteiger partial charge on any atom is -0.380 e. The number of benzene rings is 1. The van der Waals surface area contributed by atoms with Crippen molar-refractivity contribution >= 4 is 0 Å². The second-order valence-corrected chi connectivity index (χ2v) is 4.53. The maximum atomic E-state index is 5.59. The molecule has 0 spiro atoms. The standard InChI is InChI=1S/C15H25NO/c1-4-11-17-12-15(16-3)10-9-14-8-6-5-7-13(14)2/h5-8,15-16H,4,9-12H2,1-3H3. The summed E-state index contributed by atoms with van der Waals surface area (Å²) < 4.78 is 5.59. The fraction of sp³-hybridized carbons (Fsp3) is 0.600. The van der Waals surface area contributed by atoms with Crippen molar-refractivity contribution < 1.29 is 4.74 Å². The van der Waals surface area contributed by atoms with Gasteiger partial charge in [-0.05, 0) is 44.4 Å². The number of aryl methyl sites for hydroxylation is 2. The van der Waals surface area contributed by atoms with Gasteiger partial charge in [0.2, 0.25) is 0 Å². The molecule has 0 aromatic heterocycles. The quantitative estimate of drug-likeness (QED) is 0.700. The smallest absolute Gasteiger partial charge is 0.0619 e. The summed E-state index contributed by atoms with van der Waals surface area (Å²) in [5.41, 5.74) is 2.83. The molecule has 0 fully saturated rings. The lowest BCUT2D eigenvalue weighted by atomic mass is 10.0. The Morgan fingerprint density at radius 3 is 2.71 bits per heavy atom. The van der Waals surface area contributed by atoms with Crippen LogP contribution in [0.5, 0.6) is 0 Å². The first-order valence-electron chi connectivity index (χ1n) is 6.57. The van der Waals surface area contributed by atoms with Crippen molar-refractivity contribution in [2.75, 3.05) is 20.3 Å². The van der Waals surface area contributed by atoms with Crippen LogP contribution in [0.25, 0.3) is 0 Å². The molecule has 0 aliphatic heterocycles. The van der Waals surface area contributed by atoms with Gasteiger partial charge in [0.05, 0.1) is 6.61 Å². The fourth-order valence-corrected chi connectivity index (χ4v) is 1.90. The summed E-state index contributed by atoms with van der Waals surface area (Å²) in [7, 11) is 2.01. The highest BCUT2D eigenvalue weighted by atomic mass is 16.5. The molecule has 1 N–H and O–H groups in total. The van der Waals surface area contributed by atoms with Crippen molar-refractivity contribution in [3.05, 3.63) is 35.4 Å². The van der Waals surface area contributed by atoms with Crippen molar-refractivity contribution in [2.45, 2.75) is 39.2 Å². The Morgan fingerprint density at radius 1 is 1.29 bits per heavy atom. The lowest BCUT2D eigenvalue weighted by Gasteiger charge is -2.16. The number of likely N-dealkylation sites (N-methyl/N-ethyl adjacent to an activating group) is 1. The van der Waals surface area contributed by atoms with Gasteiger partial charge in [0.15, 0.2) is 0 Å². The molecule has 1 aromatic rings. The van der Waals surface area contributed by atoms with Crippen LogP contribution in [0.2, 0.25) is 0 Å². The number of nitrogens with one attached hydrogen (secondary N) is 1. The number of hydrogen-bond donors (Lipinski definition) is 1. The molecule has 1 unspecified atom stereocenters. The van der Waals surface area contributed by atoms with Gasteiger partial charge in [-0.2, -0.15) is 0 Å². The van der Waals surface area contributed by atoms with Crippen molar-refractivity contribution in [1.29, 1.82) is 0 Å². The summed E-state index contributed by atoms with van der Waals surface area (Å²) in [5.74, 6) is 0. The molecule has 1 rings (SSSR count). The van der Waals surface area contributed by atoms with Gasteiger partial charge in [-0.3, -0.25) is 0 Å². The minimum atomic E-state index is 0.459. The van der Waals surface area contributed by atoms with E-state index in [1.165, 1.54) is 11.1 Å². The Morgan fingerprint density at radius 2 is 2.06 bits per heavy atom. The average molecular weight is 235 g/mol. The Labute approximate surface area is 105 Å². The van der Waals surface area contributed by atoms with E-state index in [-0.39, 0.29) is 0 Å². The van der Waals surface area contributed by atoms with Crippen LogP contribution in [0.4, 0.5) is 0 Å². The van der Waals surface area contributed by atoms with Crippen molar-refractivity contribution in [2.24, 2.45) is 0 Å². The summed E-state index contributed by atoms with van der Waals surface area (Å²) in [6, 6.07) is 9.07. The van der Waals surface area contributed by atoms with Gasteiger partial charge in [-0.25, -0.2) is 0 Å². The molecule has 17 heavy (non-hydrogen) atoms. The molecule has 0 radical (unpaired) electrons. The second kappa shape index (κ2) is 8.26. The summed E-state index contributed by atoms with van der Waals surface area (Å²) >= 11 is 0. The highest BCUT2D eigenvalue weighted by Crippen LogP contribution is 2.10. The number of rotatable bonds is 8. The predicted octanol–water partition coefficient (Wildman–Crippen LogP) is 2.94. The largest absolute Gasteiger partial charge is 0.380 e. The zero-order chi connectivity index (χ0) is 12.5. The van der Waals surface area contributed by atoms with Crippen molar-refractivity contribution in [3.63, 3.8) is 0 Å². The van der Waals surface area contributed by atoms with E-state index in [1.807, 2.05) is 7.05 Å². The monoisotopic (exact) mass is 235 g/mol. The molecule has 0 heterocycles. The Kier molecular flexibility index (Phi) is 6.90. The fourth-order valence-electron chi connectivity index (χ4n) is 1.90. The molecular weight excluding hydrogens is 210 g/mol. The van der Waals surface area contributed by atoms with Gasteiger partial charge in [0.25, 0.3) is 0 Å². The van der Waals surface area contributed by atoms with E-state index in [2.05, 4.69) is 43.4 Å². The van der Waals surface area contributed by atoms with Crippen molar-refractivity contribution in [1.82, 2.24) is 5.32 Å². The first kappa shape index (κ1) is 14.2. The number of ether oxygens (including phenoxy) is 1. The molecule has 0 saturated carbocycles. The van der Waals surface area contributed by atoms with Gasteiger partial charge >= 0.3 is 0 Å². The lowest BCUT2D eigenvalue weighted by Crippen LogP contribution is -2.31. The van der Waals surface area contributed by atoms with E-state index in [9.17, 15) is 0 Å². The van der Waals surface area contributed by atoms with E-state index in [4.69, 9.17) is 4.74 Å². The van der Waals surface area contributed by atoms with E-state index in [0.717, 1.165) is 32.5 Å². The average Bonchev–Trinajstić information content (AvgIpc) is 2.35. The number of hydrogen-bond acceptors (Lipinski definition) is 2. The van der Waals surface area contributed by atoms with E-state index >= 15 is 0 Å². The van der Waals surface area contributed by atoms with Gasteiger partial charge in [-0.15, -0.1) is 0 Å². The first-order chi connectivity index (χ1) is 8.27. The predicted molar refractivity (Wildman–Crippen MR) is 73.5 cm³/mol. The van der Waals surface area contributed by atoms with E-state index in [1.54, 1.807) is 0 Å². The third-order valence-electron chi connectivity index (χ3n) is 3.10. The van der Waals surface area contributed by atoms with E-state index < -0.39 is 0 Å². The second-order valence-electron chi connectivity index (χ2n) is 4.53. The zero-order valence-electron chi connectivity index (χ0n) is 11.3. The van der Waals surface area contributed by atoms with Crippen LogP contribution in [-0.4, -0.2) is 26.3 Å². The topological polar surface area (TPSA) is 21.3 Å². The van der Waals surface area contributed by atoms with Gasteiger partial charge in [0.1, 0.15) is 0 Å². The lowest BCUT2D eigenvalue weighted by molar-refractivity contribution is 0.111. The molecule has 1 atom stereocenters. The third-order valence-corrected chi connectivity index (χ3v) is 3.10. The Hall–Kier alpha value is -0.860. The third kappa shape index (κ3) is 5.33. The van der Waals surface area contributed by atoms with Gasteiger partial charge < -0.3 is 10.1 Å². The highest BCUT2D eigenvalue weighted by Gasteiger charge is 2.07. The summed E-state index contributed by atoms with van der Waals surface area (Å²) in [6.07, 6.45) is 3.34.